The van der Waals surface area contributed by atoms with E-state index in [4.69, 9.17) is 0 Å². The fourth-order valence-electron chi connectivity index (χ4n) is 1.81. The molecule has 20 heavy (non-hydrogen) atoms. The minimum Gasteiger partial charge on any atom is -0.465 e. The molecule has 0 bridgehead atoms. The van der Waals surface area contributed by atoms with E-state index in [-0.39, 0.29) is 5.97 Å². The molecule has 0 fully saturated rings. The molecule has 2 aromatic rings. The summed E-state index contributed by atoms with van der Waals surface area (Å²) in [6.07, 6.45) is 2.89. The van der Waals surface area contributed by atoms with Gasteiger partial charge in [0, 0.05) is 0 Å². The van der Waals surface area contributed by atoms with Gasteiger partial charge in [0.2, 0.25) is 0 Å². The van der Waals surface area contributed by atoms with Gasteiger partial charge in [0.05, 0.1) is 18.8 Å². The van der Waals surface area contributed by atoms with Crippen molar-refractivity contribution in [1.82, 2.24) is 0 Å². The van der Waals surface area contributed by atoms with Gasteiger partial charge in [-0.1, -0.05) is 54.6 Å². The van der Waals surface area contributed by atoms with E-state index in [1.54, 1.807) is 30.3 Å². The van der Waals surface area contributed by atoms with Crippen LogP contribution in [0.1, 0.15) is 27.6 Å². The summed E-state index contributed by atoms with van der Waals surface area (Å²) in [6, 6.07) is 16.4. The second-order valence-corrected chi connectivity index (χ2v) is 4.33. The molecule has 2 rings (SSSR count). The van der Waals surface area contributed by atoms with Gasteiger partial charge >= 0.3 is 5.97 Å². The van der Waals surface area contributed by atoms with Crippen LogP contribution < -0.4 is 0 Å². The second kappa shape index (κ2) is 6.68. The number of methoxy groups -OCH3 is 1. The summed E-state index contributed by atoms with van der Waals surface area (Å²) in [7, 11) is 1.35. The quantitative estimate of drug-likeness (QED) is 0.866. The van der Waals surface area contributed by atoms with Crippen molar-refractivity contribution >= 4 is 12.0 Å². The Kier molecular flexibility index (Phi) is 4.69. The Morgan fingerprint density at radius 2 is 1.75 bits per heavy atom. The lowest BCUT2D eigenvalue weighted by Gasteiger charge is -2.05. The number of aliphatic hydroxyl groups is 1. The molecule has 3 heteroatoms. The largest absolute Gasteiger partial charge is 0.465 e. The number of hydrogen-bond acceptors (Lipinski definition) is 3. The Morgan fingerprint density at radius 1 is 1.10 bits per heavy atom. The lowest BCUT2D eigenvalue weighted by molar-refractivity contribution is 0.0600. The van der Waals surface area contributed by atoms with Crippen LogP contribution in [0.2, 0.25) is 0 Å². The number of ether oxygens (including phenoxy) is 1. The molecule has 1 atom stereocenters. The summed E-state index contributed by atoms with van der Waals surface area (Å²) in [5.74, 6) is -0.357. The van der Waals surface area contributed by atoms with Crippen LogP contribution in [0.15, 0.2) is 60.7 Å². The lowest BCUT2D eigenvalue weighted by atomic mass is 10.1. The average molecular weight is 268 g/mol. The van der Waals surface area contributed by atoms with E-state index in [0.717, 1.165) is 11.1 Å². The Morgan fingerprint density at radius 3 is 2.35 bits per heavy atom. The predicted octanol–water partition coefficient (Wildman–Crippen LogP) is 3.22. The number of benzene rings is 2. The summed E-state index contributed by atoms with van der Waals surface area (Å²) < 4.78 is 4.64. The topological polar surface area (TPSA) is 46.5 Å². The van der Waals surface area contributed by atoms with Crippen molar-refractivity contribution in [3.63, 3.8) is 0 Å². The van der Waals surface area contributed by atoms with Gasteiger partial charge in [-0.05, 0) is 23.3 Å². The first-order chi connectivity index (χ1) is 9.70. The molecule has 2 aromatic carbocycles. The molecular formula is C17H16O3. The van der Waals surface area contributed by atoms with Gasteiger partial charge in [0.25, 0.3) is 0 Å². The smallest absolute Gasteiger partial charge is 0.337 e. The zero-order chi connectivity index (χ0) is 14.4. The third-order valence-electron chi connectivity index (χ3n) is 2.94. The van der Waals surface area contributed by atoms with Crippen LogP contribution in [-0.4, -0.2) is 18.2 Å². The van der Waals surface area contributed by atoms with E-state index in [9.17, 15) is 9.90 Å². The zero-order valence-electron chi connectivity index (χ0n) is 11.2. The van der Waals surface area contributed by atoms with Crippen molar-refractivity contribution < 1.29 is 14.6 Å². The van der Waals surface area contributed by atoms with Crippen molar-refractivity contribution in [3.8, 4) is 0 Å². The molecule has 0 saturated carbocycles. The standard InChI is InChI=1S/C17H16O3/c1-20-17(19)15-10-7-13(8-11-15)9-12-16(18)14-5-3-2-4-6-14/h2-12,16,18H,1H3/b12-9+. The number of carbonyl (C=O) groups is 1. The van der Waals surface area contributed by atoms with Gasteiger partial charge in [-0.15, -0.1) is 0 Å². The van der Waals surface area contributed by atoms with Crippen molar-refractivity contribution in [2.75, 3.05) is 7.11 Å². The second-order valence-electron chi connectivity index (χ2n) is 4.33. The van der Waals surface area contributed by atoms with E-state index in [2.05, 4.69) is 4.74 Å². The van der Waals surface area contributed by atoms with Crippen LogP contribution in [0.5, 0.6) is 0 Å². The first-order valence-corrected chi connectivity index (χ1v) is 6.30. The lowest BCUT2D eigenvalue weighted by Crippen LogP contribution is -2.00. The molecule has 0 radical (unpaired) electrons. The van der Waals surface area contributed by atoms with E-state index in [1.165, 1.54) is 7.11 Å². The zero-order valence-corrected chi connectivity index (χ0v) is 11.2. The van der Waals surface area contributed by atoms with E-state index < -0.39 is 6.10 Å². The third kappa shape index (κ3) is 3.56. The first-order valence-electron chi connectivity index (χ1n) is 6.30. The van der Waals surface area contributed by atoms with Gasteiger partial charge < -0.3 is 9.84 Å². The summed E-state index contributed by atoms with van der Waals surface area (Å²) in [4.78, 5) is 11.3. The Bertz CT molecular complexity index is 585. The van der Waals surface area contributed by atoms with Crippen LogP contribution in [-0.2, 0) is 4.74 Å². The van der Waals surface area contributed by atoms with Gasteiger partial charge in [-0.25, -0.2) is 4.79 Å². The van der Waals surface area contributed by atoms with Gasteiger partial charge in [-0.2, -0.15) is 0 Å². The molecule has 0 aliphatic carbocycles. The maximum absolute atomic E-state index is 11.3. The highest BCUT2D eigenvalue weighted by Crippen LogP contribution is 2.15. The first kappa shape index (κ1) is 14.0. The molecule has 0 spiro atoms. The number of esters is 1. The van der Waals surface area contributed by atoms with Crippen LogP contribution in [0, 0.1) is 0 Å². The van der Waals surface area contributed by atoms with E-state index >= 15 is 0 Å². The maximum atomic E-state index is 11.3. The molecule has 0 saturated heterocycles. The minimum absolute atomic E-state index is 0.357. The number of aliphatic hydroxyl groups excluding tert-OH is 1. The monoisotopic (exact) mass is 268 g/mol. The van der Waals surface area contributed by atoms with Crippen molar-refractivity contribution in [2.45, 2.75) is 6.10 Å². The van der Waals surface area contributed by atoms with Crippen LogP contribution in [0.4, 0.5) is 0 Å². The molecule has 102 valence electrons. The normalized spacial score (nSPS) is 12.3. The van der Waals surface area contributed by atoms with Gasteiger partial charge in [0.15, 0.2) is 0 Å². The Balaban J connectivity index is 2.06. The Labute approximate surface area is 118 Å². The van der Waals surface area contributed by atoms with Gasteiger partial charge in [-0.3, -0.25) is 0 Å². The molecular weight excluding hydrogens is 252 g/mol. The highest BCUT2D eigenvalue weighted by Gasteiger charge is 2.04. The van der Waals surface area contributed by atoms with Crippen molar-refractivity contribution in [3.05, 3.63) is 77.4 Å². The maximum Gasteiger partial charge on any atom is 0.337 e. The van der Waals surface area contributed by atoms with E-state index in [1.807, 2.05) is 36.4 Å². The van der Waals surface area contributed by atoms with Crippen LogP contribution in [0.3, 0.4) is 0 Å². The third-order valence-corrected chi connectivity index (χ3v) is 2.94. The van der Waals surface area contributed by atoms with Crippen molar-refractivity contribution in [2.24, 2.45) is 0 Å². The number of carbonyl (C=O) groups excluding carboxylic acids is 1. The minimum atomic E-state index is -0.642. The summed E-state index contributed by atoms with van der Waals surface area (Å²) in [5, 5.41) is 10.0. The SMILES string of the molecule is COC(=O)c1ccc(/C=C/C(O)c2ccccc2)cc1. The number of rotatable bonds is 4. The number of hydrogen-bond donors (Lipinski definition) is 1. The summed E-state index contributed by atoms with van der Waals surface area (Å²) >= 11 is 0. The van der Waals surface area contributed by atoms with Crippen LogP contribution >= 0.6 is 0 Å². The molecule has 1 unspecified atom stereocenters. The molecule has 0 aliphatic rings. The highest BCUT2D eigenvalue weighted by molar-refractivity contribution is 5.89. The van der Waals surface area contributed by atoms with Crippen LogP contribution in [0.25, 0.3) is 6.08 Å². The highest BCUT2D eigenvalue weighted by atomic mass is 16.5. The Hall–Kier alpha value is -2.39. The fraction of sp³-hybridized carbons (Fsp3) is 0.118. The van der Waals surface area contributed by atoms with E-state index in [0.29, 0.717) is 5.56 Å². The summed E-state index contributed by atoms with van der Waals surface area (Å²) in [6.45, 7) is 0. The van der Waals surface area contributed by atoms with Gasteiger partial charge in [0.1, 0.15) is 0 Å². The molecule has 0 aliphatic heterocycles. The molecule has 3 nitrogen and oxygen atoms in total. The average Bonchev–Trinajstić information content (AvgIpc) is 2.53. The molecule has 1 N–H and O–H groups in total. The van der Waals surface area contributed by atoms with Crippen molar-refractivity contribution in [1.29, 1.82) is 0 Å². The predicted molar refractivity (Wildman–Crippen MR) is 78.2 cm³/mol. The molecule has 0 heterocycles. The molecule has 0 amide bonds. The fourth-order valence-corrected chi connectivity index (χ4v) is 1.81. The summed E-state index contributed by atoms with van der Waals surface area (Å²) in [5.41, 5.74) is 2.26. The molecule has 0 aromatic heterocycles.